The Labute approximate surface area is 76.2 Å². The fourth-order valence-electron chi connectivity index (χ4n) is 0.920. The second kappa shape index (κ2) is 4.04. The van der Waals surface area contributed by atoms with Crippen molar-refractivity contribution < 1.29 is 9.90 Å². The molecular formula is C8H13N3O2. The first-order valence-corrected chi connectivity index (χ1v) is 4.09. The van der Waals surface area contributed by atoms with Crippen molar-refractivity contribution in [1.82, 2.24) is 15.5 Å². The third-order valence-electron chi connectivity index (χ3n) is 1.73. The molecule has 1 unspecified atom stereocenters. The molecule has 13 heavy (non-hydrogen) atoms. The maximum atomic E-state index is 11.1. The van der Waals surface area contributed by atoms with Gasteiger partial charge in [0.1, 0.15) is 6.10 Å². The Kier molecular flexibility index (Phi) is 3.02. The van der Waals surface area contributed by atoms with Crippen LogP contribution in [0, 0.1) is 0 Å². The molecular weight excluding hydrogens is 170 g/mol. The molecule has 0 aliphatic heterocycles. The number of aromatic nitrogens is 2. The number of amides is 1. The Balaban J connectivity index is 2.51. The van der Waals surface area contributed by atoms with E-state index >= 15 is 0 Å². The molecule has 5 nitrogen and oxygen atoms in total. The monoisotopic (exact) mass is 183 g/mol. The number of H-pyrrole nitrogens is 1. The fourth-order valence-corrected chi connectivity index (χ4v) is 0.920. The second-order valence-corrected chi connectivity index (χ2v) is 2.92. The van der Waals surface area contributed by atoms with Gasteiger partial charge in [0.25, 0.3) is 0 Å². The van der Waals surface area contributed by atoms with Crippen molar-refractivity contribution in [3.05, 3.63) is 18.0 Å². The minimum atomic E-state index is -0.981. The summed E-state index contributed by atoms with van der Waals surface area (Å²) in [6.07, 6.45) is 0.630. The van der Waals surface area contributed by atoms with E-state index in [0.717, 1.165) is 5.69 Å². The van der Waals surface area contributed by atoms with Gasteiger partial charge in [-0.2, -0.15) is 5.10 Å². The van der Waals surface area contributed by atoms with Gasteiger partial charge in [0.15, 0.2) is 0 Å². The van der Waals surface area contributed by atoms with E-state index in [9.17, 15) is 4.79 Å². The number of carbonyl (C=O) groups excluding carboxylic acids is 1. The second-order valence-electron chi connectivity index (χ2n) is 2.92. The minimum Gasteiger partial charge on any atom is -0.384 e. The molecule has 0 saturated heterocycles. The average Bonchev–Trinajstić information content (AvgIpc) is 2.55. The SMILES string of the molecule is CC(NC(=O)[C@@H](C)O)c1ccn[nH]1. The van der Waals surface area contributed by atoms with E-state index in [2.05, 4.69) is 15.5 Å². The number of carbonyl (C=O) groups is 1. The molecule has 2 atom stereocenters. The molecule has 0 bridgehead atoms. The smallest absolute Gasteiger partial charge is 0.249 e. The van der Waals surface area contributed by atoms with Gasteiger partial charge in [-0.15, -0.1) is 0 Å². The summed E-state index contributed by atoms with van der Waals surface area (Å²) >= 11 is 0. The molecule has 0 aromatic carbocycles. The summed E-state index contributed by atoms with van der Waals surface area (Å²) in [5.74, 6) is -0.387. The van der Waals surface area contributed by atoms with Crippen LogP contribution in [0.15, 0.2) is 12.3 Å². The van der Waals surface area contributed by atoms with Crippen LogP contribution in [-0.4, -0.2) is 27.3 Å². The summed E-state index contributed by atoms with van der Waals surface area (Å²) in [6, 6.07) is 1.61. The zero-order valence-corrected chi connectivity index (χ0v) is 7.61. The number of nitrogens with zero attached hydrogens (tertiary/aromatic N) is 1. The van der Waals surface area contributed by atoms with Crippen LogP contribution in [0.4, 0.5) is 0 Å². The summed E-state index contributed by atoms with van der Waals surface area (Å²) < 4.78 is 0. The lowest BCUT2D eigenvalue weighted by Crippen LogP contribution is -2.34. The maximum absolute atomic E-state index is 11.1. The Hall–Kier alpha value is -1.36. The first-order valence-electron chi connectivity index (χ1n) is 4.09. The number of aliphatic hydroxyl groups is 1. The van der Waals surface area contributed by atoms with E-state index < -0.39 is 6.10 Å². The van der Waals surface area contributed by atoms with Crippen LogP contribution in [0.2, 0.25) is 0 Å². The molecule has 1 aromatic heterocycles. The largest absolute Gasteiger partial charge is 0.384 e. The molecule has 0 fully saturated rings. The molecule has 0 aliphatic rings. The Morgan fingerprint density at radius 3 is 2.85 bits per heavy atom. The molecule has 1 aromatic rings. The highest BCUT2D eigenvalue weighted by Gasteiger charge is 2.13. The number of hydrogen-bond acceptors (Lipinski definition) is 3. The van der Waals surface area contributed by atoms with Gasteiger partial charge in [-0.1, -0.05) is 0 Å². The molecule has 1 rings (SSSR count). The third kappa shape index (κ3) is 2.55. The lowest BCUT2D eigenvalue weighted by Gasteiger charge is -2.12. The van der Waals surface area contributed by atoms with Crippen molar-refractivity contribution >= 4 is 5.91 Å². The van der Waals surface area contributed by atoms with Gasteiger partial charge in [-0.25, -0.2) is 0 Å². The van der Waals surface area contributed by atoms with E-state index in [1.165, 1.54) is 6.92 Å². The van der Waals surface area contributed by atoms with E-state index in [1.807, 2.05) is 6.92 Å². The highest BCUT2D eigenvalue weighted by molar-refractivity contribution is 5.80. The normalized spacial score (nSPS) is 15.0. The number of rotatable bonds is 3. The van der Waals surface area contributed by atoms with Crippen molar-refractivity contribution in [3.63, 3.8) is 0 Å². The molecule has 72 valence electrons. The highest BCUT2D eigenvalue weighted by atomic mass is 16.3. The predicted molar refractivity (Wildman–Crippen MR) is 46.8 cm³/mol. The number of nitrogens with one attached hydrogen (secondary N) is 2. The van der Waals surface area contributed by atoms with Gasteiger partial charge < -0.3 is 10.4 Å². The molecule has 1 heterocycles. The maximum Gasteiger partial charge on any atom is 0.249 e. The quantitative estimate of drug-likeness (QED) is 0.615. The van der Waals surface area contributed by atoms with Crippen LogP contribution in [0.1, 0.15) is 25.6 Å². The van der Waals surface area contributed by atoms with Gasteiger partial charge in [-0.05, 0) is 19.9 Å². The van der Waals surface area contributed by atoms with Crippen molar-refractivity contribution in [1.29, 1.82) is 0 Å². The first-order chi connectivity index (χ1) is 6.11. The van der Waals surface area contributed by atoms with Crippen molar-refractivity contribution in [2.24, 2.45) is 0 Å². The molecule has 1 amide bonds. The lowest BCUT2D eigenvalue weighted by atomic mass is 10.2. The van der Waals surface area contributed by atoms with E-state index in [-0.39, 0.29) is 11.9 Å². The molecule has 0 spiro atoms. The molecule has 0 radical (unpaired) electrons. The molecule has 0 saturated carbocycles. The summed E-state index contributed by atoms with van der Waals surface area (Å²) in [4.78, 5) is 11.1. The van der Waals surface area contributed by atoms with E-state index in [1.54, 1.807) is 12.3 Å². The minimum absolute atomic E-state index is 0.162. The average molecular weight is 183 g/mol. The van der Waals surface area contributed by atoms with Gasteiger partial charge in [0.05, 0.1) is 11.7 Å². The van der Waals surface area contributed by atoms with Gasteiger partial charge in [0.2, 0.25) is 5.91 Å². The summed E-state index contributed by atoms with van der Waals surface area (Å²) in [7, 11) is 0. The summed E-state index contributed by atoms with van der Waals surface area (Å²) in [6.45, 7) is 3.24. The van der Waals surface area contributed by atoms with Crippen molar-refractivity contribution in [2.75, 3.05) is 0 Å². The fraction of sp³-hybridized carbons (Fsp3) is 0.500. The van der Waals surface area contributed by atoms with Crippen molar-refractivity contribution in [3.8, 4) is 0 Å². The van der Waals surface area contributed by atoms with Crippen LogP contribution in [0.25, 0.3) is 0 Å². The lowest BCUT2D eigenvalue weighted by molar-refractivity contribution is -0.129. The summed E-state index contributed by atoms with van der Waals surface area (Å²) in [5.41, 5.74) is 0.814. The zero-order valence-electron chi connectivity index (χ0n) is 7.61. The standard InChI is InChI=1S/C8H13N3O2/c1-5(7-3-4-9-11-7)10-8(13)6(2)12/h3-6,12H,1-2H3,(H,9,11)(H,10,13)/t5?,6-/m1/s1. The van der Waals surface area contributed by atoms with Crippen LogP contribution in [-0.2, 0) is 4.79 Å². The van der Waals surface area contributed by atoms with Gasteiger partial charge in [0, 0.05) is 6.20 Å². The van der Waals surface area contributed by atoms with Crippen molar-refractivity contribution in [2.45, 2.75) is 26.0 Å². The Morgan fingerprint density at radius 2 is 2.38 bits per heavy atom. The number of aliphatic hydroxyl groups excluding tert-OH is 1. The molecule has 3 N–H and O–H groups in total. The zero-order chi connectivity index (χ0) is 9.84. The summed E-state index contributed by atoms with van der Waals surface area (Å²) in [5, 5.41) is 18.0. The number of aromatic amines is 1. The Bertz CT molecular complexity index is 269. The van der Waals surface area contributed by atoms with Crippen LogP contribution < -0.4 is 5.32 Å². The topological polar surface area (TPSA) is 78.0 Å². The third-order valence-corrected chi connectivity index (χ3v) is 1.73. The van der Waals surface area contributed by atoms with Crippen LogP contribution >= 0.6 is 0 Å². The molecule has 0 aliphatic carbocycles. The van der Waals surface area contributed by atoms with E-state index in [4.69, 9.17) is 5.11 Å². The first kappa shape index (κ1) is 9.73. The van der Waals surface area contributed by atoms with Crippen LogP contribution in [0.5, 0.6) is 0 Å². The van der Waals surface area contributed by atoms with Gasteiger partial charge >= 0.3 is 0 Å². The highest BCUT2D eigenvalue weighted by Crippen LogP contribution is 2.06. The predicted octanol–water partition coefficient (Wildman–Crippen LogP) is -0.0323. The van der Waals surface area contributed by atoms with Crippen LogP contribution in [0.3, 0.4) is 0 Å². The van der Waals surface area contributed by atoms with Gasteiger partial charge in [-0.3, -0.25) is 9.89 Å². The molecule has 5 heteroatoms. The Morgan fingerprint density at radius 1 is 1.69 bits per heavy atom. The number of hydrogen-bond donors (Lipinski definition) is 3. The van der Waals surface area contributed by atoms with E-state index in [0.29, 0.717) is 0 Å².